The molecule has 0 heterocycles. The van der Waals surface area contributed by atoms with Gasteiger partial charge in [-0.2, -0.15) is 0 Å². The van der Waals surface area contributed by atoms with Gasteiger partial charge in [-0.3, -0.25) is 4.79 Å². The molecule has 0 N–H and O–H groups in total. The minimum Gasteiger partial charge on any atom is -0.426 e. The molecule has 0 unspecified atom stereocenters. The van der Waals surface area contributed by atoms with E-state index < -0.39 is 0 Å². The van der Waals surface area contributed by atoms with Crippen molar-refractivity contribution in [1.82, 2.24) is 0 Å². The van der Waals surface area contributed by atoms with Crippen molar-refractivity contribution in [2.24, 2.45) is 0 Å². The number of carbonyl (C=O) groups excluding carboxylic acids is 1. The number of carbonyl (C=O) groups is 1. The van der Waals surface area contributed by atoms with Crippen LogP contribution in [0.5, 0.6) is 5.75 Å². The topological polar surface area (TPSA) is 26.3 Å². The summed E-state index contributed by atoms with van der Waals surface area (Å²) in [6.07, 6.45) is 0. The average Bonchev–Trinajstić information content (AvgIpc) is 2.51. The molecule has 2 rings (SSSR count). The van der Waals surface area contributed by atoms with Crippen LogP contribution in [-0.2, 0) is 4.79 Å². The second-order valence-electron chi connectivity index (χ2n) is 3.07. The van der Waals surface area contributed by atoms with Crippen molar-refractivity contribution in [1.29, 1.82) is 0 Å². The Kier molecular flexibility index (Phi) is 2.19. The Balaban J connectivity index is 2.52. The SMILES string of the molecule is CC(=O)Oc1ccccc2cccc1-2. The molecule has 0 bridgehead atoms. The highest BCUT2D eigenvalue weighted by Crippen LogP contribution is 2.31. The average molecular weight is 186 g/mol. The smallest absolute Gasteiger partial charge is 0.308 e. The predicted molar refractivity (Wildman–Crippen MR) is 54.4 cm³/mol. The number of fused-ring (bicyclic) bond motifs is 1. The van der Waals surface area contributed by atoms with E-state index in [9.17, 15) is 4.79 Å². The Bertz CT molecular complexity index is 434. The van der Waals surface area contributed by atoms with Crippen LogP contribution < -0.4 is 4.74 Å². The summed E-state index contributed by atoms with van der Waals surface area (Å²) in [5.74, 6) is 0.321. The second kappa shape index (κ2) is 3.50. The zero-order chi connectivity index (χ0) is 9.97. The van der Waals surface area contributed by atoms with E-state index in [0.29, 0.717) is 5.75 Å². The fourth-order valence-corrected chi connectivity index (χ4v) is 1.44. The Morgan fingerprint density at radius 1 is 1.07 bits per heavy atom. The highest BCUT2D eigenvalue weighted by atomic mass is 16.5. The monoisotopic (exact) mass is 186 g/mol. The van der Waals surface area contributed by atoms with Crippen LogP contribution in [0.3, 0.4) is 0 Å². The Morgan fingerprint density at radius 2 is 1.79 bits per heavy atom. The first-order chi connectivity index (χ1) is 6.77. The summed E-state index contributed by atoms with van der Waals surface area (Å²) in [5, 5.41) is 0. The molecule has 0 amide bonds. The van der Waals surface area contributed by atoms with Gasteiger partial charge in [0.1, 0.15) is 5.75 Å². The van der Waals surface area contributed by atoms with Gasteiger partial charge in [-0.25, -0.2) is 0 Å². The molecule has 0 atom stereocenters. The lowest BCUT2D eigenvalue weighted by atomic mass is 10.2. The van der Waals surface area contributed by atoms with Crippen LogP contribution in [0.4, 0.5) is 0 Å². The number of hydrogen-bond donors (Lipinski definition) is 0. The van der Waals surface area contributed by atoms with Gasteiger partial charge in [0.2, 0.25) is 0 Å². The maximum atomic E-state index is 10.9. The number of hydrogen-bond acceptors (Lipinski definition) is 2. The van der Waals surface area contributed by atoms with Gasteiger partial charge in [-0.05, 0) is 11.6 Å². The quantitative estimate of drug-likeness (QED) is 0.640. The summed E-state index contributed by atoms with van der Waals surface area (Å²) < 4.78 is 5.11. The van der Waals surface area contributed by atoms with Gasteiger partial charge in [-0.1, -0.05) is 36.4 Å². The third-order valence-corrected chi connectivity index (χ3v) is 2.00. The van der Waals surface area contributed by atoms with Crippen LogP contribution in [-0.4, -0.2) is 5.97 Å². The molecule has 0 aromatic heterocycles. The van der Waals surface area contributed by atoms with Crippen LogP contribution in [0.1, 0.15) is 6.92 Å². The minimum absolute atomic E-state index is 0.293. The molecule has 0 radical (unpaired) electrons. The zero-order valence-electron chi connectivity index (χ0n) is 7.86. The first-order valence-corrected chi connectivity index (χ1v) is 4.43. The van der Waals surface area contributed by atoms with E-state index in [1.807, 2.05) is 36.4 Å². The van der Waals surface area contributed by atoms with Gasteiger partial charge in [0.25, 0.3) is 0 Å². The highest BCUT2D eigenvalue weighted by molar-refractivity contribution is 5.77. The summed E-state index contributed by atoms with van der Waals surface area (Å²) in [4.78, 5) is 10.9. The number of ether oxygens (including phenoxy) is 1. The molecule has 0 fully saturated rings. The third-order valence-electron chi connectivity index (χ3n) is 2.00. The summed E-state index contributed by atoms with van der Waals surface area (Å²) >= 11 is 0. The van der Waals surface area contributed by atoms with E-state index in [4.69, 9.17) is 4.74 Å². The Morgan fingerprint density at radius 3 is 2.57 bits per heavy atom. The van der Waals surface area contributed by atoms with Gasteiger partial charge >= 0.3 is 5.97 Å². The molecular weight excluding hydrogens is 176 g/mol. The van der Waals surface area contributed by atoms with Crippen molar-refractivity contribution in [2.45, 2.75) is 6.92 Å². The van der Waals surface area contributed by atoms with E-state index in [0.717, 1.165) is 11.1 Å². The fourth-order valence-electron chi connectivity index (χ4n) is 1.44. The summed E-state index contributed by atoms with van der Waals surface area (Å²) in [6, 6.07) is 13.4. The van der Waals surface area contributed by atoms with E-state index in [1.54, 1.807) is 6.07 Å². The molecule has 70 valence electrons. The minimum atomic E-state index is -0.293. The fraction of sp³-hybridized carbons (Fsp3) is 0.0833. The van der Waals surface area contributed by atoms with Crippen LogP contribution in [0, 0.1) is 0 Å². The molecule has 14 heavy (non-hydrogen) atoms. The first kappa shape index (κ1) is 8.75. The summed E-state index contributed by atoms with van der Waals surface area (Å²) in [6.45, 7) is 1.40. The van der Waals surface area contributed by atoms with Gasteiger partial charge < -0.3 is 4.74 Å². The lowest BCUT2D eigenvalue weighted by Crippen LogP contribution is -2.01. The van der Waals surface area contributed by atoms with Crippen LogP contribution in [0.2, 0.25) is 0 Å². The maximum absolute atomic E-state index is 10.9. The van der Waals surface area contributed by atoms with Crippen molar-refractivity contribution in [2.75, 3.05) is 0 Å². The van der Waals surface area contributed by atoms with Crippen molar-refractivity contribution in [3.05, 3.63) is 42.5 Å². The van der Waals surface area contributed by atoms with Gasteiger partial charge in [-0.15, -0.1) is 0 Å². The van der Waals surface area contributed by atoms with Gasteiger partial charge in [0.05, 0.1) is 0 Å². The van der Waals surface area contributed by atoms with E-state index in [2.05, 4.69) is 0 Å². The number of esters is 1. The van der Waals surface area contributed by atoms with Crippen molar-refractivity contribution >= 4 is 5.97 Å². The normalized spacial score (nSPS) is 10.1. The van der Waals surface area contributed by atoms with Crippen LogP contribution in [0.15, 0.2) is 42.5 Å². The van der Waals surface area contributed by atoms with E-state index in [-0.39, 0.29) is 5.97 Å². The third kappa shape index (κ3) is 1.59. The van der Waals surface area contributed by atoms with Crippen molar-refractivity contribution in [3.63, 3.8) is 0 Å². The molecule has 0 aromatic carbocycles. The molecule has 2 nitrogen and oxygen atoms in total. The summed E-state index contributed by atoms with van der Waals surface area (Å²) in [7, 11) is 0. The summed E-state index contributed by atoms with van der Waals surface area (Å²) in [5.41, 5.74) is 2.04. The Labute approximate surface area is 82.5 Å². The second-order valence-corrected chi connectivity index (χ2v) is 3.07. The largest absolute Gasteiger partial charge is 0.426 e. The first-order valence-electron chi connectivity index (χ1n) is 4.43. The van der Waals surface area contributed by atoms with Gasteiger partial charge in [0.15, 0.2) is 0 Å². The van der Waals surface area contributed by atoms with Gasteiger partial charge in [0, 0.05) is 12.5 Å². The van der Waals surface area contributed by atoms with Crippen LogP contribution >= 0.6 is 0 Å². The molecular formula is C12H10O2. The molecule has 0 saturated heterocycles. The standard InChI is InChI=1S/C12H10O2/c1-9(13)14-12-8-3-2-5-10-6-4-7-11(10)12/h2-8H,1H3. The predicted octanol–water partition coefficient (Wildman–Crippen LogP) is 2.72. The Hall–Kier alpha value is -1.83. The molecule has 0 aromatic rings. The van der Waals surface area contributed by atoms with Crippen molar-refractivity contribution in [3.8, 4) is 16.9 Å². The van der Waals surface area contributed by atoms with Crippen LogP contribution in [0.25, 0.3) is 11.1 Å². The highest BCUT2D eigenvalue weighted by Gasteiger charge is 2.07. The molecule has 2 heteroatoms. The lowest BCUT2D eigenvalue weighted by Gasteiger charge is -2.02. The maximum Gasteiger partial charge on any atom is 0.308 e. The lowest BCUT2D eigenvalue weighted by molar-refractivity contribution is -0.131. The van der Waals surface area contributed by atoms with E-state index >= 15 is 0 Å². The van der Waals surface area contributed by atoms with Crippen molar-refractivity contribution < 1.29 is 9.53 Å². The number of rotatable bonds is 1. The molecule has 0 aliphatic heterocycles. The molecule has 0 spiro atoms. The molecule has 0 saturated carbocycles. The zero-order valence-corrected chi connectivity index (χ0v) is 7.86. The molecule has 2 aliphatic carbocycles. The molecule has 2 aliphatic rings. The van der Waals surface area contributed by atoms with E-state index in [1.165, 1.54) is 6.92 Å².